The van der Waals surface area contributed by atoms with Crippen molar-refractivity contribution in [2.45, 2.75) is 297 Å². The van der Waals surface area contributed by atoms with Crippen LogP contribution >= 0.6 is 0 Å². The van der Waals surface area contributed by atoms with Crippen LogP contribution < -0.4 is 0 Å². The largest absolute Gasteiger partial charge is 0.462 e. The number of rotatable bonds is 50. The molecule has 0 saturated heterocycles. The third kappa shape index (κ3) is 49.0. The SMILES string of the molecule is CCCCC/C=C\C/C=C\CCCCCCCCCCOCC(COC(=O)CCCCCCCCCCCCCCCCCCCCC)OC(=O)CCCCCCCCC. The zero-order valence-corrected chi connectivity index (χ0v) is 40.7. The van der Waals surface area contributed by atoms with Crippen molar-refractivity contribution in [3.05, 3.63) is 24.3 Å². The van der Waals surface area contributed by atoms with Crippen molar-refractivity contribution >= 4 is 11.9 Å². The van der Waals surface area contributed by atoms with Crippen LogP contribution in [0, 0.1) is 0 Å². The quantitative estimate of drug-likeness (QED) is 0.0347. The van der Waals surface area contributed by atoms with Crippen LogP contribution in [0.25, 0.3) is 0 Å². The van der Waals surface area contributed by atoms with Gasteiger partial charge in [0.15, 0.2) is 6.10 Å². The molecule has 1 atom stereocenters. The maximum absolute atomic E-state index is 12.7. The maximum atomic E-state index is 12.7. The second-order valence-electron chi connectivity index (χ2n) is 18.1. The second-order valence-corrected chi connectivity index (χ2v) is 18.1. The molecule has 0 bridgehead atoms. The summed E-state index contributed by atoms with van der Waals surface area (Å²) < 4.78 is 17.4. The Bertz CT molecular complexity index is 913. The van der Waals surface area contributed by atoms with Crippen molar-refractivity contribution in [1.82, 2.24) is 0 Å². The normalized spacial score (nSPS) is 12.2. The summed E-state index contributed by atoms with van der Waals surface area (Å²) in [7, 11) is 0. The van der Waals surface area contributed by atoms with E-state index in [0.29, 0.717) is 26.1 Å². The zero-order chi connectivity index (χ0) is 43.5. The number of hydrogen-bond acceptors (Lipinski definition) is 5. The van der Waals surface area contributed by atoms with Gasteiger partial charge in [-0.1, -0.05) is 251 Å². The molecule has 0 aliphatic rings. The second kappa shape index (κ2) is 51.7. The van der Waals surface area contributed by atoms with E-state index < -0.39 is 6.10 Å². The van der Waals surface area contributed by atoms with Crippen LogP contribution in [0.3, 0.4) is 0 Å². The molecule has 0 rings (SSSR count). The Hall–Kier alpha value is -1.62. The monoisotopic (exact) mass is 845 g/mol. The summed E-state index contributed by atoms with van der Waals surface area (Å²) in [5.74, 6) is -0.388. The summed E-state index contributed by atoms with van der Waals surface area (Å²) in [6.07, 6.45) is 60.6. The Morgan fingerprint density at radius 1 is 0.367 bits per heavy atom. The number of ether oxygens (including phenoxy) is 3. The van der Waals surface area contributed by atoms with Gasteiger partial charge in [0.1, 0.15) is 6.61 Å². The molecular formula is C55H104O5. The van der Waals surface area contributed by atoms with Gasteiger partial charge < -0.3 is 14.2 Å². The first-order valence-corrected chi connectivity index (χ1v) is 26.9. The Labute approximate surface area is 375 Å². The van der Waals surface area contributed by atoms with Crippen LogP contribution in [-0.2, 0) is 23.8 Å². The minimum atomic E-state index is -0.530. The van der Waals surface area contributed by atoms with Crippen molar-refractivity contribution in [3.63, 3.8) is 0 Å². The third-order valence-electron chi connectivity index (χ3n) is 12.0. The van der Waals surface area contributed by atoms with Crippen LogP contribution in [0.4, 0.5) is 0 Å². The lowest BCUT2D eigenvalue weighted by Gasteiger charge is -2.18. The Balaban J connectivity index is 4.05. The Kier molecular flexibility index (Phi) is 50.3. The minimum Gasteiger partial charge on any atom is -0.462 e. The summed E-state index contributed by atoms with van der Waals surface area (Å²) in [5.41, 5.74) is 0. The fourth-order valence-corrected chi connectivity index (χ4v) is 7.95. The van der Waals surface area contributed by atoms with Gasteiger partial charge in [0.2, 0.25) is 0 Å². The van der Waals surface area contributed by atoms with E-state index >= 15 is 0 Å². The number of unbranched alkanes of at least 4 members (excludes halogenated alkanes) is 35. The van der Waals surface area contributed by atoms with Gasteiger partial charge in [-0.3, -0.25) is 9.59 Å². The molecule has 0 fully saturated rings. The van der Waals surface area contributed by atoms with Gasteiger partial charge in [-0.25, -0.2) is 0 Å². The van der Waals surface area contributed by atoms with Crippen molar-refractivity contribution < 1.29 is 23.8 Å². The number of esters is 2. The summed E-state index contributed by atoms with van der Waals surface area (Å²) >= 11 is 0. The lowest BCUT2D eigenvalue weighted by molar-refractivity contribution is -0.163. The van der Waals surface area contributed by atoms with Crippen LogP contribution in [0.1, 0.15) is 290 Å². The molecule has 0 aromatic heterocycles. The molecule has 0 radical (unpaired) electrons. The average molecular weight is 845 g/mol. The van der Waals surface area contributed by atoms with Crippen molar-refractivity contribution in [2.75, 3.05) is 19.8 Å². The fraction of sp³-hybridized carbons (Fsp3) is 0.891. The van der Waals surface area contributed by atoms with E-state index in [2.05, 4.69) is 45.1 Å². The fourth-order valence-electron chi connectivity index (χ4n) is 7.95. The van der Waals surface area contributed by atoms with E-state index in [1.165, 1.54) is 212 Å². The highest BCUT2D eigenvalue weighted by atomic mass is 16.6. The molecule has 0 aromatic rings. The first-order valence-electron chi connectivity index (χ1n) is 26.9. The van der Waals surface area contributed by atoms with Crippen LogP contribution in [0.15, 0.2) is 24.3 Å². The minimum absolute atomic E-state index is 0.0900. The molecule has 0 aromatic carbocycles. The summed E-state index contributed by atoms with van der Waals surface area (Å²) in [4.78, 5) is 25.3. The topological polar surface area (TPSA) is 61.8 Å². The highest BCUT2D eigenvalue weighted by Gasteiger charge is 2.17. The maximum Gasteiger partial charge on any atom is 0.306 e. The summed E-state index contributed by atoms with van der Waals surface area (Å²) in [6, 6.07) is 0. The molecule has 0 N–H and O–H groups in total. The van der Waals surface area contributed by atoms with Gasteiger partial charge in [-0.05, 0) is 51.4 Å². The van der Waals surface area contributed by atoms with E-state index in [1.807, 2.05) is 0 Å². The van der Waals surface area contributed by atoms with Gasteiger partial charge in [0.05, 0.1) is 6.61 Å². The molecule has 5 nitrogen and oxygen atoms in total. The van der Waals surface area contributed by atoms with Crippen molar-refractivity contribution in [1.29, 1.82) is 0 Å². The standard InChI is InChI=1S/C55H104O5/c1-4-7-10-13-16-18-20-22-24-26-28-29-31-33-35-37-40-42-45-48-54(56)59-52-53(60-55(57)49-46-43-39-15-12-9-6-3)51-58-50-47-44-41-38-36-34-32-30-27-25-23-21-19-17-14-11-8-5-2/h17,19,23,25,53H,4-16,18,20-22,24,26-52H2,1-3H3/b19-17-,25-23-. The molecule has 0 saturated carbocycles. The predicted octanol–water partition coefficient (Wildman–Crippen LogP) is 18.0. The van der Waals surface area contributed by atoms with E-state index in [-0.39, 0.29) is 18.5 Å². The highest BCUT2D eigenvalue weighted by Crippen LogP contribution is 2.16. The number of carbonyl (C=O) groups is 2. The first-order chi connectivity index (χ1) is 29.6. The molecule has 0 spiro atoms. The molecule has 0 amide bonds. The first kappa shape index (κ1) is 58.4. The molecule has 0 heterocycles. The van der Waals surface area contributed by atoms with Crippen LogP contribution in [0.2, 0.25) is 0 Å². The average Bonchev–Trinajstić information content (AvgIpc) is 3.25. The van der Waals surface area contributed by atoms with Crippen LogP contribution in [0.5, 0.6) is 0 Å². The summed E-state index contributed by atoms with van der Waals surface area (Å²) in [6.45, 7) is 7.81. The Morgan fingerprint density at radius 3 is 1.13 bits per heavy atom. The van der Waals surface area contributed by atoms with Gasteiger partial charge in [0.25, 0.3) is 0 Å². The number of hydrogen-bond donors (Lipinski definition) is 0. The van der Waals surface area contributed by atoms with E-state index in [9.17, 15) is 9.59 Å². The van der Waals surface area contributed by atoms with Crippen molar-refractivity contribution in [2.24, 2.45) is 0 Å². The van der Waals surface area contributed by atoms with Gasteiger partial charge in [0, 0.05) is 19.4 Å². The van der Waals surface area contributed by atoms with E-state index in [4.69, 9.17) is 14.2 Å². The van der Waals surface area contributed by atoms with E-state index in [1.54, 1.807) is 0 Å². The number of carbonyl (C=O) groups excluding carboxylic acids is 2. The molecule has 1 unspecified atom stereocenters. The third-order valence-corrected chi connectivity index (χ3v) is 12.0. The number of allylic oxidation sites excluding steroid dienone is 4. The van der Waals surface area contributed by atoms with Crippen LogP contribution in [-0.4, -0.2) is 37.9 Å². The lowest BCUT2D eigenvalue weighted by atomic mass is 10.0. The molecule has 0 aliphatic heterocycles. The predicted molar refractivity (Wildman–Crippen MR) is 261 cm³/mol. The van der Waals surface area contributed by atoms with Crippen molar-refractivity contribution in [3.8, 4) is 0 Å². The van der Waals surface area contributed by atoms with Gasteiger partial charge in [-0.15, -0.1) is 0 Å². The highest BCUT2D eigenvalue weighted by molar-refractivity contribution is 5.70. The molecule has 354 valence electrons. The van der Waals surface area contributed by atoms with Gasteiger partial charge in [-0.2, -0.15) is 0 Å². The molecular weight excluding hydrogens is 741 g/mol. The van der Waals surface area contributed by atoms with Gasteiger partial charge >= 0.3 is 11.9 Å². The van der Waals surface area contributed by atoms with E-state index in [0.717, 1.165) is 44.9 Å². The lowest BCUT2D eigenvalue weighted by Crippen LogP contribution is -2.30. The zero-order valence-electron chi connectivity index (χ0n) is 40.7. The Morgan fingerprint density at radius 2 is 0.700 bits per heavy atom. The molecule has 60 heavy (non-hydrogen) atoms. The smallest absolute Gasteiger partial charge is 0.306 e. The molecule has 5 heteroatoms. The summed E-state index contributed by atoms with van der Waals surface area (Å²) in [5, 5.41) is 0. The molecule has 0 aliphatic carbocycles.